The van der Waals surface area contributed by atoms with Crippen molar-refractivity contribution in [2.75, 3.05) is 6.26 Å². The summed E-state index contributed by atoms with van der Waals surface area (Å²) >= 11 is 0. The van der Waals surface area contributed by atoms with Crippen LogP contribution in [-0.4, -0.2) is 22.4 Å². The van der Waals surface area contributed by atoms with E-state index < -0.39 is 17.8 Å². The van der Waals surface area contributed by atoms with Gasteiger partial charge in [-0.2, -0.15) is 0 Å². The van der Waals surface area contributed by atoms with Crippen molar-refractivity contribution in [1.82, 2.24) is 4.98 Å². The van der Waals surface area contributed by atoms with Gasteiger partial charge in [0.25, 0.3) is 0 Å². The van der Waals surface area contributed by atoms with Crippen LogP contribution in [0, 0.1) is 0 Å². The van der Waals surface area contributed by atoms with Gasteiger partial charge < -0.3 is 12.9 Å². The van der Waals surface area contributed by atoms with Crippen LogP contribution in [0.1, 0.15) is 5.69 Å². The van der Waals surface area contributed by atoms with Crippen molar-refractivity contribution < 1.29 is 68.5 Å². The van der Waals surface area contributed by atoms with Gasteiger partial charge in [-0.3, -0.25) is 9.19 Å². The Bertz CT molecular complexity index is 393. The number of pyridine rings is 1. The first kappa shape index (κ1) is 16.5. The summed E-state index contributed by atoms with van der Waals surface area (Å²) in [5, 5.41) is 0. The Labute approximate surface area is 137 Å². The fraction of sp³-hybridized carbons (Fsp3) is 0.125. The van der Waals surface area contributed by atoms with E-state index in [1.165, 1.54) is 24.6 Å². The van der Waals surface area contributed by atoms with Crippen molar-refractivity contribution in [2.45, 2.75) is 4.90 Å². The standard InChI is InChI=1S/C8H8BF3NOS.K/c1-15(14)8-3-2-7(13-6-8)4-5-9(10,11)12;/h2-6H,1H3;/q-1;+1/b5-4+;. The minimum absolute atomic E-state index is 0. The van der Waals surface area contributed by atoms with Crippen LogP contribution in [0.25, 0.3) is 6.08 Å². The van der Waals surface area contributed by atoms with Crippen molar-refractivity contribution in [3.05, 3.63) is 30.0 Å². The maximum absolute atomic E-state index is 11.8. The second kappa shape index (κ2) is 7.07. The summed E-state index contributed by atoms with van der Waals surface area (Å²) in [6.45, 7) is -4.93. The van der Waals surface area contributed by atoms with E-state index in [0.717, 1.165) is 6.08 Å². The molecule has 1 unspecified atom stereocenters. The predicted molar refractivity (Wildman–Crippen MR) is 54.7 cm³/mol. The monoisotopic (exact) mass is 273 g/mol. The number of hydrogen-bond acceptors (Lipinski definition) is 2. The van der Waals surface area contributed by atoms with Crippen molar-refractivity contribution in [3.63, 3.8) is 0 Å². The molecule has 1 rings (SSSR count). The molecule has 0 saturated heterocycles. The van der Waals surface area contributed by atoms with Gasteiger partial charge in [0.1, 0.15) is 0 Å². The van der Waals surface area contributed by atoms with E-state index >= 15 is 0 Å². The third kappa shape index (κ3) is 6.31. The third-order valence-corrected chi connectivity index (χ3v) is 2.48. The van der Waals surface area contributed by atoms with E-state index in [1.54, 1.807) is 0 Å². The Morgan fingerprint density at radius 3 is 2.38 bits per heavy atom. The molecule has 1 aromatic heterocycles. The number of rotatable bonds is 3. The summed E-state index contributed by atoms with van der Waals surface area (Å²) in [6.07, 6.45) is 3.67. The number of aromatic nitrogens is 1. The summed E-state index contributed by atoms with van der Waals surface area (Å²) in [6, 6.07) is 2.89. The van der Waals surface area contributed by atoms with Gasteiger partial charge in [0.05, 0.1) is 21.4 Å². The second-order valence-electron chi connectivity index (χ2n) is 2.86. The van der Waals surface area contributed by atoms with Gasteiger partial charge in [-0.1, -0.05) is 6.08 Å². The van der Waals surface area contributed by atoms with E-state index in [1.807, 2.05) is 0 Å². The van der Waals surface area contributed by atoms with Gasteiger partial charge in [-0.05, 0) is 12.1 Å². The summed E-state index contributed by atoms with van der Waals surface area (Å²) in [5.74, 6) is 0.172. The SMILES string of the molecule is CS(=O)c1ccc(/C=C/[B-](F)(F)F)nc1.[K+]. The van der Waals surface area contributed by atoms with Crippen LogP contribution in [-0.2, 0) is 10.8 Å². The van der Waals surface area contributed by atoms with Crippen molar-refractivity contribution in [1.29, 1.82) is 0 Å². The third-order valence-electron chi connectivity index (χ3n) is 1.58. The summed E-state index contributed by atoms with van der Waals surface area (Å²) in [4.78, 5) is 4.22. The minimum Gasteiger partial charge on any atom is -0.445 e. The molecule has 0 radical (unpaired) electrons. The topological polar surface area (TPSA) is 30.0 Å². The van der Waals surface area contributed by atoms with Crippen molar-refractivity contribution in [3.8, 4) is 0 Å². The van der Waals surface area contributed by atoms with Crippen LogP contribution < -0.4 is 51.4 Å². The Hall–Kier alpha value is 0.531. The minimum atomic E-state index is -4.93. The average molecular weight is 273 g/mol. The Morgan fingerprint density at radius 1 is 1.38 bits per heavy atom. The summed E-state index contributed by atoms with van der Waals surface area (Å²) < 4.78 is 46.5. The molecule has 2 nitrogen and oxygen atoms in total. The zero-order chi connectivity index (χ0) is 11.5. The molecule has 1 atom stereocenters. The van der Waals surface area contributed by atoms with Gasteiger partial charge in [-0.25, -0.2) is 0 Å². The van der Waals surface area contributed by atoms with Crippen LogP contribution in [0.4, 0.5) is 12.9 Å². The molecule has 1 heterocycles. The maximum Gasteiger partial charge on any atom is 1.00 e. The first-order chi connectivity index (χ1) is 6.88. The zero-order valence-corrected chi connectivity index (χ0v) is 12.8. The normalized spacial score (nSPS) is 13.5. The molecule has 0 aliphatic heterocycles. The van der Waals surface area contributed by atoms with E-state index in [-0.39, 0.29) is 63.1 Å². The molecule has 0 fully saturated rings. The Balaban J connectivity index is 0.00000225. The van der Waals surface area contributed by atoms with Gasteiger partial charge in [0.15, 0.2) is 0 Å². The number of hydrogen-bond donors (Lipinski definition) is 0. The molecule has 0 aliphatic rings. The van der Waals surface area contributed by atoms with Crippen LogP contribution in [0.3, 0.4) is 0 Å². The molecule has 8 heteroatoms. The van der Waals surface area contributed by atoms with Crippen LogP contribution >= 0.6 is 0 Å². The fourth-order valence-electron chi connectivity index (χ4n) is 0.868. The first-order valence-corrected chi connectivity index (χ1v) is 5.63. The fourth-order valence-corrected chi connectivity index (χ4v) is 1.33. The van der Waals surface area contributed by atoms with Crippen LogP contribution in [0.5, 0.6) is 0 Å². The maximum atomic E-state index is 11.8. The van der Waals surface area contributed by atoms with E-state index in [0.29, 0.717) is 4.90 Å². The largest absolute Gasteiger partial charge is 1.00 e. The number of nitrogens with zero attached hydrogens (tertiary/aromatic N) is 1. The molecule has 0 spiro atoms. The zero-order valence-electron chi connectivity index (χ0n) is 8.86. The van der Waals surface area contributed by atoms with Crippen molar-refractivity contribution in [2.24, 2.45) is 0 Å². The molecule has 0 aromatic carbocycles. The molecule has 0 bridgehead atoms. The van der Waals surface area contributed by atoms with Gasteiger partial charge in [-0.15, -0.1) is 5.98 Å². The molecule has 1 aromatic rings. The Morgan fingerprint density at radius 2 is 2.00 bits per heavy atom. The molecular weight excluding hydrogens is 265 g/mol. The van der Waals surface area contributed by atoms with Crippen LogP contribution in [0.15, 0.2) is 29.2 Å². The molecule has 82 valence electrons. The van der Waals surface area contributed by atoms with E-state index in [9.17, 15) is 17.2 Å². The number of halogens is 3. The van der Waals surface area contributed by atoms with Gasteiger partial charge in [0, 0.05) is 12.5 Å². The molecule has 0 amide bonds. The van der Waals surface area contributed by atoms with E-state index in [2.05, 4.69) is 4.98 Å². The summed E-state index contributed by atoms with van der Waals surface area (Å²) in [5.41, 5.74) is 0.198. The Kier molecular flexibility index (Phi) is 7.31. The van der Waals surface area contributed by atoms with Crippen molar-refractivity contribution >= 4 is 23.9 Å². The average Bonchev–Trinajstić information content (AvgIpc) is 2.14. The second-order valence-corrected chi connectivity index (χ2v) is 4.24. The first-order valence-electron chi connectivity index (χ1n) is 4.07. The molecule has 0 N–H and O–H groups in total. The molecule has 16 heavy (non-hydrogen) atoms. The van der Waals surface area contributed by atoms with E-state index in [4.69, 9.17) is 0 Å². The van der Waals surface area contributed by atoms with Crippen LogP contribution in [0.2, 0.25) is 0 Å². The molecule has 0 saturated carbocycles. The summed E-state index contributed by atoms with van der Waals surface area (Å²) in [7, 11) is -1.16. The quantitative estimate of drug-likeness (QED) is 0.676. The smallest absolute Gasteiger partial charge is 0.445 e. The predicted octanol–water partition coefficient (Wildman–Crippen LogP) is -0.777. The molecular formula is C8H8BF3KNOS. The van der Waals surface area contributed by atoms with Gasteiger partial charge in [0.2, 0.25) is 0 Å². The molecule has 0 aliphatic carbocycles. The van der Waals surface area contributed by atoms with Gasteiger partial charge >= 0.3 is 58.4 Å².